The van der Waals surface area contributed by atoms with E-state index in [0.29, 0.717) is 10.8 Å². The first kappa shape index (κ1) is 24.6. The largest absolute Gasteiger partial charge is 0.463 e. The number of hydrogen-bond acceptors (Lipinski definition) is 2. The maximum Gasteiger partial charge on any atom is 0.302 e. The van der Waals surface area contributed by atoms with Crippen LogP contribution in [0.1, 0.15) is 119 Å². The van der Waals surface area contributed by atoms with E-state index in [1.54, 1.807) is 6.92 Å². The lowest BCUT2D eigenvalue weighted by molar-refractivity contribution is -0.160. The third kappa shape index (κ3) is 4.31. The van der Waals surface area contributed by atoms with E-state index in [0.717, 1.165) is 60.2 Å². The molecular formula is C30H52O2. The molecular weight excluding hydrogens is 392 g/mol. The van der Waals surface area contributed by atoms with Gasteiger partial charge in [-0.2, -0.15) is 0 Å². The molecule has 0 aromatic heterocycles. The van der Waals surface area contributed by atoms with Crippen LogP contribution in [-0.2, 0) is 9.53 Å². The predicted molar refractivity (Wildman–Crippen MR) is 133 cm³/mol. The van der Waals surface area contributed by atoms with Crippen molar-refractivity contribution in [2.45, 2.75) is 125 Å². The number of rotatable bonds is 6. The van der Waals surface area contributed by atoms with Crippen LogP contribution < -0.4 is 0 Å². The molecule has 0 spiro atoms. The average molecular weight is 445 g/mol. The van der Waals surface area contributed by atoms with Crippen LogP contribution in [0.5, 0.6) is 0 Å². The van der Waals surface area contributed by atoms with Crippen molar-refractivity contribution in [1.82, 2.24) is 0 Å². The molecule has 0 amide bonds. The van der Waals surface area contributed by atoms with Gasteiger partial charge in [0.05, 0.1) is 0 Å². The first-order valence-electron chi connectivity index (χ1n) is 14.2. The minimum atomic E-state index is -0.0883. The molecule has 4 saturated carbocycles. The minimum absolute atomic E-state index is 0.0883. The number of ether oxygens (including phenoxy) is 1. The van der Waals surface area contributed by atoms with Crippen molar-refractivity contribution >= 4 is 5.97 Å². The topological polar surface area (TPSA) is 26.3 Å². The molecule has 4 fully saturated rings. The van der Waals surface area contributed by atoms with Crippen molar-refractivity contribution in [3.63, 3.8) is 0 Å². The second-order valence-corrected chi connectivity index (χ2v) is 13.7. The zero-order valence-electron chi connectivity index (χ0n) is 22.3. The van der Waals surface area contributed by atoms with Gasteiger partial charge in [-0.25, -0.2) is 0 Å². The van der Waals surface area contributed by atoms with Crippen molar-refractivity contribution in [3.05, 3.63) is 0 Å². The molecule has 0 aromatic carbocycles. The molecule has 0 radical (unpaired) electrons. The van der Waals surface area contributed by atoms with Crippen molar-refractivity contribution in [1.29, 1.82) is 0 Å². The van der Waals surface area contributed by atoms with Crippen LogP contribution >= 0.6 is 0 Å². The molecule has 0 N–H and O–H groups in total. The van der Waals surface area contributed by atoms with Gasteiger partial charge in [-0.3, -0.25) is 4.79 Å². The SMILES string of the molecule is CC(=O)O[C@@H]1CC[C@@]2(C)[C@@H](CC[C@@H]3[C@H]4CC[C@H]([C@H](C)CC[C@@H](C)C(C)C)[C@]4(C)CC[C@H]32)C1. The maximum absolute atomic E-state index is 11.5. The molecule has 10 atom stereocenters. The van der Waals surface area contributed by atoms with E-state index in [1.165, 1.54) is 57.8 Å². The Labute approximate surface area is 199 Å². The molecule has 32 heavy (non-hydrogen) atoms. The van der Waals surface area contributed by atoms with Crippen LogP contribution in [0.25, 0.3) is 0 Å². The van der Waals surface area contributed by atoms with Crippen LogP contribution in [0, 0.1) is 58.2 Å². The molecule has 0 unspecified atom stereocenters. The number of carbonyl (C=O) groups excluding carboxylic acids is 1. The highest BCUT2D eigenvalue weighted by Gasteiger charge is 2.60. The van der Waals surface area contributed by atoms with Gasteiger partial charge in [-0.05, 0) is 116 Å². The summed E-state index contributed by atoms with van der Waals surface area (Å²) in [6.07, 6.45) is 15.2. The van der Waals surface area contributed by atoms with Crippen LogP contribution in [0.15, 0.2) is 0 Å². The van der Waals surface area contributed by atoms with Gasteiger partial charge in [-0.1, -0.05) is 54.4 Å². The molecule has 4 aliphatic carbocycles. The second kappa shape index (κ2) is 9.26. The Morgan fingerprint density at radius 1 is 0.875 bits per heavy atom. The van der Waals surface area contributed by atoms with Crippen LogP contribution in [0.3, 0.4) is 0 Å². The summed E-state index contributed by atoms with van der Waals surface area (Å²) in [5, 5.41) is 0. The van der Waals surface area contributed by atoms with E-state index in [-0.39, 0.29) is 12.1 Å². The lowest BCUT2D eigenvalue weighted by atomic mass is 9.44. The highest BCUT2D eigenvalue weighted by atomic mass is 16.5. The Hall–Kier alpha value is -0.530. The summed E-state index contributed by atoms with van der Waals surface area (Å²) in [5.74, 6) is 6.99. The quantitative estimate of drug-likeness (QED) is 0.385. The van der Waals surface area contributed by atoms with Crippen LogP contribution in [0.4, 0.5) is 0 Å². The Balaban J connectivity index is 1.43. The van der Waals surface area contributed by atoms with Crippen molar-refractivity contribution in [2.24, 2.45) is 58.2 Å². The van der Waals surface area contributed by atoms with E-state index in [9.17, 15) is 4.79 Å². The van der Waals surface area contributed by atoms with Gasteiger partial charge in [0, 0.05) is 6.92 Å². The molecule has 4 rings (SSSR count). The summed E-state index contributed by atoms with van der Waals surface area (Å²) in [4.78, 5) is 11.5. The number of hydrogen-bond donors (Lipinski definition) is 0. The van der Waals surface area contributed by atoms with E-state index in [4.69, 9.17) is 4.74 Å². The van der Waals surface area contributed by atoms with Gasteiger partial charge in [0.25, 0.3) is 0 Å². The molecule has 0 aromatic rings. The number of esters is 1. The molecule has 0 bridgehead atoms. The van der Waals surface area contributed by atoms with Gasteiger partial charge >= 0.3 is 5.97 Å². The maximum atomic E-state index is 11.5. The van der Waals surface area contributed by atoms with E-state index >= 15 is 0 Å². The first-order chi connectivity index (χ1) is 15.1. The highest BCUT2D eigenvalue weighted by Crippen LogP contribution is 2.68. The Kier molecular flexibility index (Phi) is 7.11. The summed E-state index contributed by atoms with van der Waals surface area (Å²) >= 11 is 0. The third-order valence-electron chi connectivity index (χ3n) is 11.9. The Morgan fingerprint density at radius 2 is 1.56 bits per heavy atom. The number of carbonyl (C=O) groups is 1. The van der Waals surface area contributed by atoms with Crippen molar-refractivity contribution < 1.29 is 9.53 Å². The molecule has 0 heterocycles. The van der Waals surface area contributed by atoms with Gasteiger partial charge < -0.3 is 4.74 Å². The molecule has 0 saturated heterocycles. The first-order valence-corrected chi connectivity index (χ1v) is 14.2. The summed E-state index contributed by atoms with van der Waals surface area (Å²) in [5.41, 5.74) is 1.07. The van der Waals surface area contributed by atoms with Crippen LogP contribution in [-0.4, -0.2) is 12.1 Å². The Bertz CT molecular complexity index is 670. The van der Waals surface area contributed by atoms with Crippen molar-refractivity contribution in [2.75, 3.05) is 0 Å². The fraction of sp³-hybridized carbons (Fsp3) is 0.967. The van der Waals surface area contributed by atoms with Gasteiger partial charge in [0.1, 0.15) is 6.10 Å². The molecule has 2 nitrogen and oxygen atoms in total. The van der Waals surface area contributed by atoms with Gasteiger partial charge in [0.2, 0.25) is 0 Å². The van der Waals surface area contributed by atoms with Gasteiger partial charge in [0.15, 0.2) is 0 Å². The lowest BCUT2D eigenvalue weighted by Gasteiger charge is -2.61. The molecule has 2 heteroatoms. The Morgan fingerprint density at radius 3 is 2.25 bits per heavy atom. The third-order valence-corrected chi connectivity index (χ3v) is 11.9. The molecule has 4 aliphatic rings. The molecule has 184 valence electrons. The zero-order chi connectivity index (χ0) is 23.3. The van der Waals surface area contributed by atoms with E-state index in [1.807, 2.05) is 0 Å². The smallest absolute Gasteiger partial charge is 0.302 e. The minimum Gasteiger partial charge on any atom is -0.463 e. The standard InChI is InChI=1S/C30H52O2/c1-19(2)20(3)8-9-21(4)26-12-13-27-25-11-10-23-18-24(32-22(5)31)14-16-29(23,6)28(25)15-17-30(26,27)7/h19-21,23-28H,8-18H2,1-7H3/t20-,21-,23+,24-,25-,26-,27-,28-,29+,30+/m1/s1. The predicted octanol–water partition coefficient (Wildman–Crippen LogP) is 8.29. The van der Waals surface area contributed by atoms with Gasteiger partial charge in [-0.15, -0.1) is 0 Å². The summed E-state index contributed by atoms with van der Waals surface area (Å²) in [7, 11) is 0. The zero-order valence-corrected chi connectivity index (χ0v) is 22.3. The fourth-order valence-electron chi connectivity index (χ4n) is 9.60. The summed E-state index contributed by atoms with van der Waals surface area (Å²) in [6.45, 7) is 16.7. The monoisotopic (exact) mass is 444 g/mol. The summed E-state index contributed by atoms with van der Waals surface area (Å²) < 4.78 is 5.66. The second-order valence-electron chi connectivity index (χ2n) is 13.7. The average Bonchev–Trinajstić information content (AvgIpc) is 3.08. The summed E-state index contributed by atoms with van der Waals surface area (Å²) in [6, 6.07) is 0. The van der Waals surface area contributed by atoms with Crippen molar-refractivity contribution in [3.8, 4) is 0 Å². The number of fused-ring (bicyclic) bond motifs is 5. The molecule has 0 aliphatic heterocycles. The van der Waals surface area contributed by atoms with E-state index in [2.05, 4.69) is 41.5 Å². The lowest BCUT2D eigenvalue weighted by Crippen LogP contribution is -2.54. The van der Waals surface area contributed by atoms with Crippen LogP contribution in [0.2, 0.25) is 0 Å². The van der Waals surface area contributed by atoms with E-state index < -0.39 is 0 Å². The normalized spacial score (nSPS) is 45.5. The fourth-order valence-corrected chi connectivity index (χ4v) is 9.60. The highest BCUT2D eigenvalue weighted by molar-refractivity contribution is 5.66.